The number of carbonyl (C=O) groups excluding carboxylic acids is 2. The summed E-state index contributed by atoms with van der Waals surface area (Å²) < 4.78 is 1.09. The van der Waals surface area contributed by atoms with Gasteiger partial charge in [-0.25, -0.2) is 0 Å². The van der Waals surface area contributed by atoms with Gasteiger partial charge in [0, 0.05) is 21.0 Å². The molecular formula is C18H17IN2O2. The molecule has 1 N–H and O–H groups in total. The number of aryl methyl sites for hydroxylation is 1. The molecule has 1 atom stereocenters. The molecule has 1 aliphatic rings. The first-order valence-corrected chi connectivity index (χ1v) is 8.54. The van der Waals surface area contributed by atoms with Gasteiger partial charge in [0.2, 0.25) is 0 Å². The summed E-state index contributed by atoms with van der Waals surface area (Å²) in [5.74, 6) is -1.11. The highest BCUT2D eigenvalue weighted by Crippen LogP contribution is 2.32. The third-order valence-electron chi connectivity index (χ3n) is 4.06. The molecule has 2 aromatic rings. The van der Waals surface area contributed by atoms with Crippen molar-refractivity contribution in [1.82, 2.24) is 0 Å². The van der Waals surface area contributed by atoms with Crippen LogP contribution in [-0.2, 0) is 16.0 Å². The van der Waals surface area contributed by atoms with Gasteiger partial charge in [-0.1, -0.05) is 18.2 Å². The fraction of sp³-hybridized carbons (Fsp3) is 0.222. The van der Waals surface area contributed by atoms with Crippen molar-refractivity contribution < 1.29 is 9.59 Å². The summed E-state index contributed by atoms with van der Waals surface area (Å²) in [6.45, 7) is 3.87. The number of amides is 2. The van der Waals surface area contributed by atoms with Crippen molar-refractivity contribution in [3.8, 4) is 0 Å². The van der Waals surface area contributed by atoms with E-state index in [-0.39, 0.29) is 6.04 Å². The summed E-state index contributed by atoms with van der Waals surface area (Å²) in [7, 11) is 0. The Morgan fingerprint density at radius 1 is 1.22 bits per heavy atom. The van der Waals surface area contributed by atoms with Crippen LogP contribution in [-0.4, -0.2) is 17.9 Å². The van der Waals surface area contributed by atoms with Crippen LogP contribution in [0.5, 0.6) is 0 Å². The number of rotatable bonds is 1. The SMILES string of the molecule is Cc1cc(I)ccc1NC(=O)C(=O)N1c2ccccc2CC1C. The van der Waals surface area contributed by atoms with E-state index in [1.54, 1.807) is 4.90 Å². The topological polar surface area (TPSA) is 49.4 Å². The maximum Gasteiger partial charge on any atom is 0.316 e. The Balaban J connectivity index is 1.82. The van der Waals surface area contributed by atoms with Crippen LogP contribution in [0.3, 0.4) is 0 Å². The highest BCUT2D eigenvalue weighted by atomic mass is 127. The van der Waals surface area contributed by atoms with Crippen LogP contribution < -0.4 is 10.2 Å². The predicted molar refractivity (Wildman–Crippen MR) is 99.6 cm³/mol. The van der Waals surface area contributed by atoms with E-state index in [9.17, 15) is 9.59 Å². The van der Waals surface area contributed by atoms with Gasteiger partial charge in [0.25, 0.3) is 0 Å². The summed E-state index contributed by atoms with van der Waals surface area (Å²) in [6, 6.07) is 13.4. The molecule has 2 amide bonds. The van der Waals surface area contributed by atoms with E-state index in [4.69, 9.17) is 0 Å². The van der Waals surface area contributed by atoms with E-state index in [0.717, 1.165) is 26.8 Å². The molecule has 1 aliphatic heterocycles. The number of nitrogens with zero attached hydrogens (tertiary/aromatic N) is 1. The number of nitrogens with one attached hydrogen (secondary N) is 1. The number of hydrogen-bond acceptors (Lipinski definition) is 2. The molecule has 23 heavy (non-hydrogen) atoms. The number of para-hydroxylation sites is 1. The summed E-state index contributed by atoms with van der Waals surface area (Å²) in [5.41, 5.74) is 3.54. The van der Waals surface area contributed by atoms with Crippen LogP contribution in [0.4, 0.5) is 11.4 Å². The van der Waals surface area contributed by atoms with Crippen LogP contribution in [0.1, 0.15) is 18.1 Å². The molecule has 0 spiro atoms. The average molecular weight is 420 g/mol. The van der Waals surface area contributed by atoms with E-state index in [1.165, 1.54) is 0 Å². The number of carbonyl (C=O) groups is 2. The normalized spacial score (nSPS) is 16.1. The van der Waals surface area contributed by atoms with Crippen molar-refractivity contribution in [3.63, 3.8) is 0 Å². The molecule has 0 aliphatic carbocycles. The van der Waals surface area contributed by atoms with E-state index >= 15 is 0 Å². The van der Waals surface area contributed by atoms with Crippen molar-refractivity contribution >= 4 is 45.8 Å². The van der Waals surface area contributed by atoms with Gasteiger partial charge in [-0.05, 0) is 78.3 Å². The first-order chi connectivity index (χ1) is 11.0. The van der Waals surface area contributed by atoms with Crippen molar-refractivity contribution in [1.29, 1.82) is 0 Å². The van der Waals surface area contributed by atoms with Gasteiger partial charge in [0.05, 0.1) is 0 Å². The molecule has 0 aromatic heterocycles. The van der Waals surface area contributed by atoms with Crippen LogP contribution >= 0.6 is 22.6 Å². The Labute approximate surface area is 149 Å². The molecule has 1 heterocycles. The van der Waals surface area contributed by atoms with Gasteiger partial charge < -0.3 is 10.2 Å². The number of hydrogen-bond donors (Lipinski definition) is 1. The lowest BCUT2D eigenvalue weighted by molar-refractivity contribution is -0.134. The predicted octanol–water partition coefficient (Wildman–Crippen LogP) is 3.52. The molecule has 0 bridgehead atoms. The third kappa shape index (κ3) is 3.10. The number of fused-ring (bicyclic) bond motifs is 1. The maximum atomic E-state index is 12.6. The fourth-order valence-electron chi connectivity index (χ4n) is 2.93. The molecule has 5 heteroatoms. The summed E-state index contributed by atoms with van der Waals surface area (Å²) >= 11 is 2.22. The third-order valence-corrected chi connectivity index (χ3v) is 4.73. The van der Waals surface area contributed by atoms with Crippen LogP contribution in [0.2, 0.25) is 0 Å². The minimum absolute atomic E-state index is 0.0107. The molecule has 1 unspecified atom stereocenters. The Bertz CT molecular complexity index is 788. The zero-order valence-electron chi connectivity index (χ0n) is 13.0. The van der Waals surface area contributed by atoms with Crippen molar-refractivity contribution in [2.45, 2.75) is 26.3 Å². The van der Waals surface area contributed by atoms with Crippen molar-refractivity contribution in [2.24, 2.45) is 0 Å². The van der Waals surface area contributed by atoms with Gasteiger partial charge in [-0.3, -0.25) is 9.59 Å². The standard InChI is InChI=1S/C18H17IN2O2/c1-11-9-14(19)7-8-15(11)20-17(22)18(23)21-12(2)10-13-5-3-4-6-16(13)21/h3-9,12H,10H2,1-2H3,(H,20,22). The fourth-order valence-corrected chi connectivity index (χ4v) is 3.57. The zero-order valence-corrected chi connectivity index (χ0v) is 15.1. The average Bonchev–Trinajstić information content (AvgIpc) is 2.85. The smallest absolute Gasteiger partial charge is 0.316 e. The molecule has 0 fully saturated rings. The quantitative estimate of drug-likeness (QED) is 0.567. The molecule has 0 radical (unpaired) electrons. The molecule has 3 rings (SSSR count). The molecule has 118 valence electrons. The van der Waals surface area contributed by atoms with Crippen LogP contribution in [0, 0.1) is 10.5 Å². The molecule has 4 nitrogen and oxygen atoms in total. The van der Waals surface area contributed by atoms with Gasteiger partial charge in [-0.15, -0.1) is 0 Å². The Hall–Kier alpha value is -1.89. The second kappa shape index (κ2) is 6.31. The van der Waals surface area contributed by atoms with Gasteiger partial charge >= 0.3 is 11.8 Å². The molecule has 0 saturated carbocycles. The monoisotopic (exact) mass is 420 g/mol. The van der Waals surface area contributed by atoms with E-state index in [0.29, 0.717) is 5.69 Å². The molecular weight excluding hydrogens is 403 g/mol. The zero-order chi connectivity index (χ0) is 16.6. The maximum absolute atomic E-state index is 12.6. The van der Waals surface area contributed by atoms with E-state index in [2.05, 4.69) is 27.9 Å². The lowest BCUT2D eigenvalue weighted by atomic mass is 10.1. The summed E-state index contributed by atoms with van der Waals surface area (Å²) in [5, 5.41) is 2.73. The highest BCUT2D eigenvalue weighted by Gasteiger charge is 2.34. The second-order valence-corrected chi connectivity index (χ2v) is 7.02. The van der Waals surface area contributed by atoms with Crippen molar-refractivity contribution in [2.75, 3.05) is 10.2 Å². The van der Waals surface area contributed by atoms with E-state index in [1.807, 2.05) is 56.3 Å². The highest BCUT2D eigenvalue weighted by molar-refractivity contribution is 14.1. The molecule has 2 aromatic carbocycles. The van der Waals surface area contributed by atoms with E-state index < -0.39 is 11.8 Å². The number of halogens is 1. The summed E-state index contributed by atoms with van der Waals surface area (Å²) in [6.07, 6.45) is 0.776. The Kier molecular flexibility index (Phi) is 4.39. The van der Waals surface area contributed by atoms with Crippen LogP contribution in [0.15, 0.2) is 42.5 Å². The first kappa shape index (κ1) is 16.0. The minimum atomic E-state index is -0.599. The largest absolute Gasteiger partial charge is 0.318 e. The lowest BCUT2D eigenvalue weighted by Gasteiger charge is -2.22. The van der Waals surface area contributed by atoms with Gasteiger partial charge in [0.1, 0.15) is 0 Å². The summed E-state index contributed by atoms with van der Waals surface area (Å²) in [4.78, 5) is 26.6. The second-order valence-electron chi connectivity index (χ2n) is 5.77. The molecule has 0 saturated heterocycles. The Morgan fingerprint density at radius 2 is 1.96 bits per heavy atom. The lowest BCUT2D eigenvalue weighted by Crippen LogP contribution is -2.43. The number of anilines is 2. The van der Waals surface area contributed by atoms with Gasteiger partial charge in [-0.2, -0.15) is 0 Å². The van der Waals surface area contributed by atoms with Gasteiger partial charge in [0.15, 0.2) is 0 Å². The van der Waals surface area contributed by atoms with Crippen molar-refractivity contribution in [3.05, 3.63) is 57.2 Å². The Morgan fingerprint density at radius 3 is 2.70 bits per heavy atom. The minimum Gasteiger partial charge on any atom is -0.318 e. The van der Waals surface area contributed by atoms with Crippen LogP contribution in [0.25, 0.3) is 0 Å². The first-order valence-electron chi connectivity index (χ1n) is 7.46. The number of benzene rings is 2.